The zero-order valence-electron chi connectivity index (χ0n) is 12.0. The molecule has 0 radical (unpaired) electrons. The molecule has 2 saturated carbocycles. The van der Waals surface area contributed by atoms with Crippen LogP contribution in [0.5, 0.6) is 0 Å². The van der Waals surface area contributed by atoms with Crippen LogP contribution in [0.1, 0.15) is 56.5 Å². The molecule has 2 heterocycles. The minimum atomic E-state index is -0.201. The molecular formula is C16H22N2OS. The third-order valence-corrected chi connectivity index (χ3v) is 6.55. The van der Waals surface area contributed by atoms with Crippen molar-refractivity contribution in [3.63, 3.8) is 0 Å². The minimum Gasteiger partial charge on any atom is -0.320 e. The van der Waals surface area contributed by atoms with Crippen LogP contribution in [0, 0.1) is 5.41 Å². The van der Waals surface area contributed by atoms with E-state index in [4.69, 9.17) is 0 Å². The summed E-state index contributed by atoms with van der Waals surface area (Å²) >= 11 is 1.76. The van der Waals surface area contributed by atoms with Gasteiger partial charge in [0.05, 0.1) is 0 Å². The van der Waals surface area contributed by atoms with E-state index >= 15 is 0 Å². The van der Waals surface area contributed by atoms with Gasteiger partial charge in [-0.25, -0.2) is 0 Å². The molecule has 4 heteroatoms. The molecule has 1 saturated heterocycles. The molecule has 3 aliphatic rings. The first-order valence-corrected chi connectivity index (χ1v) is 8.68. The highest BCUT2D eigenvalue weighted by Gasteiger charge is 2.60. The van der Waals surface area contributed by atoms with Crippen LogP contribution in [0.2, 0.25) is 0 Å². The molecular weight excluding hydrogens is 268 g/mol. The number of nitrogens with one attached hydrogen (secondary N) is 1. The number of thiophene rings is 1. The van der Waals surface area contributed by atoms with Gasteiger partial charge in [0, 0.05) is 11.4 Å². The van der Waals surface area contributed by atoms with Crippen LogP contribution in [0.25, 0.3) is 0 Å². The lowest BCUT2D eigenvalue weighted by molar-refractivity contribution is -0.133. The fourth-order valence-corrected chi connectivity index (χ4v) is 4.56. The zero-order chi connectivity index (χ0) is 13.8. The first kappa shape index (κ1) is 12.8. The molecule has 1 aromatic rings. The Hall–Kier alpha value is -0.870. The lowest BCUT2D eigenvalue weighted by Gasteiger charge is -2.44. The summed E-state index contributed by atoms with van der Waals surface area (Å²) in [5, 5.41) is 5.73. The van der Waals surface area contributed by atoms with Gasteiger partial charge in [-0.1, -0.05) is 19.4 Å². The molecule has 3 nitrogen and oxygen atoms in total. The maximum Gasteiger partial charge on any atom is 0.244 e. The first-order valence-electron chi connectivity index (χ1n) is 7.80. The number of carbonyl (C=O) groups is 1. The van der Waals surface area contributed by atoms with Gasteiger partial charge in [0.1, 0.15) is 11.7 Å². The highest BCUT2D eigenvalue weighted by atomic mass is 32.1. The molecule has 0 bridgehead atoms. The number of hydrogen-bond acceptors (Lipinski definition) is 3. The van der Waals surface area contributed by atoms with E-state index in [2.05, 4.69) is 34.7 Å². The third-order valence-electron chi connectivity index (χ3n) is 5.63. The number of amides is 1. The van der Waals surface area contributed by atoms with Gasteiger partial charge >= 0.3 is 0 Å². The van der Waals surface area contributed by atoms with Crippen molar-refractivity contribution in [1.29, 1.82) is 0 Å². The smallest absolute Gasteiger partial charge is 0.244 e. The summed E-state index contributed by atoms with van der Waals surface area (Å²) in [5.41, 5.74) is 0.195. The maximum absolute atomic E-state index is 12.8. The molecule has 1 spiro atoms. The maximum atomic E-state index is 12.8. The average Bonchev–Trinajstić information content (AvgIpc) is 2.90. The van der Waals surface area contributed by atoms with Crippen LogP contribution in [0.3, 0.4) is 0 Å². The van der Waals surface area contributed by atoms with E-state index in [-0.39, 0.29) is 11.7 Å². The number of nitrogens with zero attached hydrogens (tertiary/aromatic N) is 1. The van der Waals surface area contributed by atoms with Gasteiger partial charge in [-0.15, -0.1) is 11.3 Å². The Kier molecular flexibility index (Phi) is 2.77. The van der Waals surface area contributed by atoms with Gasteiger partial charge in [0.25, 0.3) is 0 Å². The van der Waals surface area contributed by atoms with E-state index < -0.39 is 0 Å². The summed E-state index contributed by atoms with van der Waals surface area (Å²) in [6, 6.07) is 4.24. The van der Waals surface area contributed by atoms with Crippen LogP contribution >= 0.6 is 11.3 Å². The normalized spacial score (nSPS) is 29.8. The summed E-state index contributed by atoms with van der Waals surface area (Å²) in [6.45, 7) is 3.22. The Labute approximate surface area is 124 Å². The van der Waals surface area contributed by atoms with Gasteiger partial charge in [-0.3, -0.25) is 10.1 Å². The van der Waals surface area contributed by atoms with Crippen LogP contribution in [-0.4, -0.2) is 22.9 Å². The van der Waals surface area contributed by atoms with Gasteiger partial charge in [0.2, 0.25) is 5.91 Å². The van der Waals surface area contributed by atoms with Crippen molar-refractivity contribution >= 4 is 17.2 Å². The van der Waals surface area contributed by atoms with E-state index in [0.29, 0.717) is 11.3 Å². The van der Waals surface area contributed by atoms with Crippen LogP contribution in [0.15, 0.2) is 17.5 Å². The highest BCUT2D eigenvalue weighted by Crippen LogP contribution is 2.51. The topological polar surface area (TPSA) is 32.3 Å². The van der Waals surface area contributed by atoms with E-state index in [9.17, 15) is 4.79 Å². The van der Waals surface area contributed by atoms with Crippen LogP contribution < -0.4 is 5.32 Å². The highest BCUT2D eigenvalue weighted by molar-refractivity contribution is 7.10. The summed E-state index contributed by atoms with van der Waals surface area (Å²) in [5.74, 6) is 0.357. The molecule has 2 aliphatic carbocycles. The second-order valence-electron chi connectivity index (χ2n) is 6.78. The molecule has 3 fully saturated rings. The van der Waals surface area contributed by atoms with E-state index in [1.165, 1.54) is 30.6 Å². The second-order valence-corrected chi connectivity index (χ2v) is 7.76. The molecule has 20 heavy (non-hydrogen) atoms. The average molecular weight is 290 g/mol. The molecule has 1 unspecified atom stereocenters. The standard InChI is InChI=1S/C16H22N2OS/c1-2-15(6-4-7-15)11-18-13(12-5-3-10-20-12)17-16(8-9-16)14(18)19/h3,5,10,13,17H,2,4,6-9,11H2,1H3. The van der Waals surface area contributed by atoms with Crippen LogP contribution in [-0.2, 0) is 4.79 Å². The number of rotatable bonds is 4. The van der Waals surface area contributed by atoms with E-state index in [1.54, 1.807) is 11.3 Å². The summed E-state index contributed by atoms with van der Waals surface area (Å²) in [4.78, 5) is 16.2. The van der Waals surface area contributed by atoms with Crippen molar-refractivity contribution in [3.8, 4) is 0 Å². The Morgan fingerprint density at radius 2 is 2.20 bits per heavy atom. The molecule has 1 aromatic heterocycles. The molecule has 1 aliphatic heterocycles. The van der Waals surface area contributed by atoms with Gasteiger partial charge < -0.3 is 4.90 Å². The fraction of sp³-hybridized carbons (Fsp3) is 0.688. The third kappa shape index (κ3) is 1.77. The SMILES string of the molecule is CCC1(CN2C(=O)C3(CC3)NC2c2cccs2)CCC1. The van der Waals surface area contributed by atoms with Gasteiger partial charge in [0.15, 0.2) is 0 Å². The number of hydrogen-bond donors (Lipinski definition) is 1. The van der Waals surface area contributed by atoms with Crippen molar-refractivity contribution in [3.05, 3.63) is 22.4 Å². The van der Waals surface area contributed by atoms with Gasteiger partial charge in [-0.2, -0.15) is 0 Å². The van der Waals surface area contributed by atoms with Crippen molar-refractivity contribution in [2.45, 2.75) is 57.2 Å². The molecule has 1 N–H and O–H groups in total. The van der Waals surface area contributed by atoms with E-state index in [1.807, 2.05) is 0 Å². The van der Waals surface area contributed by atoms with Gasteiger partial charge in [-0.05, 0) is 49.0 Å². The predicted molar refractivity (Wildman–Crippen MR) is 80.4 cm³/mol. The summed E-state index contributed by atoms with van der Waals surface area (Å²) < 4.78 is 0. The van der Waals surface area contributed by atoms with Crippen molar-refractivity contribution in [1.82, 2.24) is 10.2 Å². The van der Waals surface area contributed by atoms with Crippen molar-refractivity contribution in [2.75, 3.05) is 6.54 Å². The summed E-state index contributed by atoms with van der Waals surface area (Å²) in [6.07, 6.45) is 7.26. The Bertz CT molecular complexity index is 511. The molecule has 1 amide bonds. The predicted octanol–water partition coefficient (Wildman–Crippen LogP) is 3.29. The quantitative estimate of drug-likeness (QED) is 0.923. The Morgan fingerprint density at radius 3 is 2.70 bits per heavy atom. The van der Waals surface area contributed by atoms with E-state index in [0.717, 1.165) is 19.4 Å². The second kappa shape index (κ2) is 4.31. The molecule has 108 valence electrons. The summed E-state index contributed by atoms with van der Waals surface area (Å²) in [7, 11) is 0. The molecule has 1 atom stereocenters. The Balaban J connectivity index is 1.62. The zero-order valence-corrected chi connectivity index (χ0v) is 12.8. The monoisotopic (exact) mass is 290 g/mol. The number of carbonyl (C=O) groups excluding carboxylic acids is 1. The largest absolute Gasteiger partial charge is 0.320 e. The lowest BCUT2D eigenvalue weighted by atomic mass is 9.66. The fourth-order valence-electron chi connectivity index (χ4n) is 3.77. The van der Waals surface area contributed by atoms with Crippen molar-refractivity contribution < 1.29 is 4.79 Å². The van der Waals surface area contributed by atoms with Crippen molar-refractivity contribution in [2.24, 2.45) is 5.41 Å². The van der Waals surface area contributed by atoms with Crippen LogP contribution in [0.4, 0.5) is 0 Å². The Morgan fingerprint density at radius 1 is 1.40 bits per heavy atom. The minimum absolute atomic E-state index is 0.119. The first-order chi connectivity index (χ1) is 9.68. The molecule has 4 rings (SSSR count). The lowest BCUT2D eigenvalue weighted by Crippen LogP contribution is -2.44. The molecule has 0 aromatic carbocycles.